The number of nitrogens with two attached hydrogens (primary N) is 1. The number of hydrogen-bond donors (Lipinski definition) is 3. The van der Waals surface area contributed by atoms with Crippen LogP contribution in [0.1, 0.15) is 0 Å². The number of hydrogen-bond acceptors (Lipinski definition) is 10. The van der Waals surface area contributed by atoms with Crippen LogP contribution < -0.4 is 5.73 Å². The molecule has 4 N–H and O–H groups in total. The van der Waals surface area contributed by atoms with Crippen LogP contribution in [0.25, 0.3) is 0 Å². The van der Waals surface area contributed by atoms with Crippen LogP contribution in [0, 0.1) is 22.7 Å². The van der Waals surface area contributed by atoms with Crippen LogP contribution in [0.4, 0.5) is 0 Å². The largest absolute Gasteiger partial charge is 0.505 e. The Hall–Kier alpha value is -2.18. The van der Waals surface area contributed by atoms with E-state index in [1.54, 1.807) is 12.1 Å². The summed E-state index contributed by atoms with van der Waals surface area (Å²) in [7, 11) is 0. The number of nitriles is 2. The van der Waals surface area contributed by atoms with Crippen molar-refractivity contribution in [2.24, 2.45) is 5.73 Å². The van der Waals surface area contributed by atoms with E-state index in [4.69, 9.17) is 16.3 Å². The SMILES string of the molecule is N#CC(C=O)=C1Sc2c(O)c3c(c(O)c2S1)SC(=C(C#N)C(N)=O)S3. The molecule has 2 heterocycles. The summed E-state index contributed by atoms with van der Waals surface area (Å²) in [6.45, 7) is 0. The van der Waals surface area contributed by atoms with E-state index in [1.165, 1.54) is 0 Å². The minimum atomic E-state index is -0.893. The smallest absolute Gasteiger partial charge is 0.261 e. The standard InChI is InChI=1S/C14H5N3O4S4/c15-1-4(3-18)13-22-8-6(19)10-11(7(20)9(8)23-13)25-14(24-10)5(2-16)12(17)21/h3,19-20H,(H2,17,21). The molecule has 0 fully saturated rings. The molecule has 7 nitrogen and oxygen atoms in total. The summed E-state index contributed by atoms with van der Waals surface area (Å²) in [6.07, 6.45) is 0.416. The lowest BCUT2D eigenvalue weighted by molar-refractivity contribution is -0.114. The van der Waals surface area contributed by atoms with Gasteiger partial charge in [-0.2, -0.15) is 10.5 Å². The Morgan fingerprint density at radius 2 is 1.36 bits per heavy atom. The Labute approximate surface area is 157 Å². The highest BCUT2D eigenvalue weighted by Gasteiger charge is 2.37. The molecule has 3 rings (SSSR count). The zero-order valence-corrected chi connectivity index (χ0v) is 15.2. The Balaban J connectivity index is 2.14. The van der Waals surface area contributed by atoms with Gasteiger partial charge in [0.15, 0.2) is 6.29 Å². The molecule has 25 heavy (non-hydrogen) atoms. The number of phenolic OH excluding ortho intramolecular Hbond substituents is 2. The van der Waals surface area contributed by atoms with Crippen LogP contribution >= 0.6 is 47.0 Å². The number of carbonyl (C=O) groups excluding carboxylic acids is 2. The van der Waals surface area contributed by atoms with Crippen LogP contribution in [0.3, 0.4) is 0 Å². The molecule has 0 saturated heterocycles. The number of benzene rings is 1. The summed E-state index contributed by atoms with van der Waals surface area (Å²) < 4.78 is 0.637. The predicted octanol–water partition coefficient (Wildman–Crippen LogP) is 2.65. The van der Waals surface area contributed by atoms with E-state index >= 15 is 0 Å². The Morgan fingerprint density at radius 1 is 0.920 bits per heavy atom. The van der Waals surface area contributed by atoms with Gasteiger partial charge in [-0.3, -0.25) is 9.59 Å². The maximum absolute atomic E-state index is 11.3. The van der Waals surface area contributed by atoms with Crippen molar-refractivity contribution in [3.63, 3.8) is 0 Å². The predicted molar refractivity (Wildman–Crippen MR) is 93.7 cm³/mol. The highest BCUT2D eigenvalue weighted by atomic mass is 32.2. The second-order valence-corrected chi connectivity index (χ2v) is 9.09. The van der Waals surface area contributed by atoms with Gasteiger partial charge in [0, 0.05) is 0 Å². The molecule has 0 aliphatic carbocycles. The molecule has 1 aromatic carbocycles. The highest BCUT2D eigenvalue weighted by Crippen LogP contribution is 2.67. The van der Waals surface area contributed by atoms with E-state index in [2.05, 4.69) is 0 Å². The van der Waals surface area contributed by atoms with Gasteiger partial charge in [0.2, 0.25) is 0 Å². The van der Waals surface area contributed by atoms with Gasteiger partial charge in [0.05, 0.1) is 28.1 Å². The van der Waals surface area contributed by atoms with Gasteiger partial charge in [0.25, 0.3) is 5.91 Å². The Kier molecular flexibility index (Phi) is 4.67. The van der Waals surface area contributed by atoms with Gasteiger partial charge in [-0.25, -0.2) is 0 Å². The van der Waals surface area contributed by atoms with Crippen molar-refractivity contribution in [1.82, 2.24) is 0 Å². The zero-order chi connectivity index (χ0) is 18.3. The van der Waals surface area contributed by atoms with Crippen molar-refractivity contribution in [2.45, 2.75) is 19.6 Å². The maximum Gasteiger partial charge on any atom is 0.261 e. The fourth-order valence-electron chi connectivity index (χ4n) is 1.96. The third-order valence-electron chi connectivity index (χ3n) is 3.07. The second-order valence-electron chi connectivity index (χ2n) is 4.49. The number of fused-ring (bicyclic) bond motifs is 2. The second kappa shape index (κ2) is 6.61. The summed E-state index contributed by atoms with van der Waals surface area (Å²) >= 11 is 3.93. The third kappa shape index (κ3) is 2.75. The maximum atomic E-state index is 11.3. The van der Waals surface area contributed by atoms with E-state index < -0.39 is 5.91 Å². The first-order valence-corrected chi connectivity index (χ1v) is 9.56. The number of amides is 1. The van der Waals surface area contributed by atoms with Crippen molar-refractivity contribution in [2.75, 3.05) is 0 Å². The molecular weight excluding hydrogens is 402 g/mol. The van der Waals surface area contributed by atoms with Crippen molar-refractivity contribution in [1.29, 1.82) is 10.5 Å². The number of phenols is 2. The average Bonchev–Trinajstić information content (AvgIpc) is 3.20. The molecule has 0 saturated carbocycles. The van der Waals surface area contributed by atoms with Crippen molar-refractivity contribution >= 4 is 59.2 Å². The molecule has 1 aromatic rings. The molecule has 0 unspecified atom stereocenters. The molecule has 0 bridgehead atoms. The van der Waals surface area contributed by atoms with Gasteiger partial charge in [0.1, 0.15) is 34.8 Å². The van der Waals surface area contributed by atoms with Crippen LogP contribution in [0.2, 0.25) is 0 Å². The topological polar surface area (TPSA) is 148 Å². The summed E-state index contributed by atoms with van der Waals surface area (Å²) in [6, 6.07) is 3.49. The molecule has 2 aliphatic heterocycles. The number of rotatable bonds is 2. The van der Waals surface area contributed by atoms with Crippen LogP contribution in [0.5, 0.6) is 11.5 Å². The Bertz CT molecular complexity index is 956. The molecule has 0 spiro atoms. The summed E-state index contributed by atoms with van der Waals surface area (Å²) in [4.78, 5) is 23.5. The lowest BCUT2D eigenvalue weighted by atomic mass is 10.3. The fourth-order valence-corrected chi connectivity index (χ4v) is 7.12. The van der Waals surface area contributed by atoms with Gasteiger partial charge >= 0.3 is 0 Å². The number of carbonyl (C=O) groups is 2. The normalized spacial score (nSPS) is 14.3. The highest BCUT2D eigenvalue weighted by molar-refractivity contribution is 8.26. The molecule has 0 atom stereocenters. The number of aromatic hydroxyl groups is 2. The molecule has 0 radical (unpaired) electrons. The van der Waals surface area contributed by atoms with E-state index in [-0.39, 0.29) is 26.9 Å². The zero-order valence-electron chi connectivity index (χ0n) is 11.9. The molecular formula is C14H5N3O4S4. The fraction of sp³-hybridized carbons (Fsp3) is 0. The average molecular weight is 407 g/mol. The van der Waals surface area contributed by atoms with Gasteiger partial charge < -0.3 is 15.9 Å². The summed E-state index contributed by atoms with van der Waals surface area (Å²) in [5.41, 5.74) is 4.83. The van der Waals surface area contributed by atoms with Gasteiger partial charge in [-0.05, 0) is 0 Å². The monoisotopic (exact) mass is 407 g/mol. The van der Waals surface area contributed by atoms with Crippen LogP contribution in [0.15, 0.2) is 39.2 Å². The lowest BCUT2D eigenvalue weighted by Gasteiger charge is -2.08. The minimum Gasteiger partial charge on any atom is -0.505 e. The summed E-state index contributed by atoms with van der Waals surface area (Å²) in [5.74, 6) is -1.18. The molecule has 0 aromatic heterocycles. The Morgan fingerprint density at radius 3 is 1.68 bits per heavy atom. The first-order valence-electron chi connectivity index (χ1n) is 6.29. The number of thioether (sulfide) groups is 4. The van der Waals surface area contributed by atoms with E-state index in [9.17, 15) is 19.8 Å². The van der Waals surface area contributed by atoms with Gasteiger partial charge in [-0.15, -0.1) is 0 Å². The van der Waals surface area contributed by atoms with E-state index in [0.717, 1.165) is 47.0 Å². The van der Waals surface area contributed by atoms with Crippen molar-refractivity contribution in [3.05, 3.63) is 19.6 Å². The quantitative estimate of drug-likeness (QED) is 0.289. The third-order valence-corrected chi connectivity index (χ3v) is 8.33. The van der Waals surface area contributed by atoms with E-state index in [1.807, 2.05) is 0 Å². The first kappa shape index (κ1) is 17.6. The number of allylic oxidation sites excluding steroid dienone is 1. The van der Waals surface area contributed by atoms with E-state index in [0.29, 0.717) is 30.1 Å². The number of nitrogens with zero attached hydrogens (tertiary/aromatic N) is 2. The van der Waals surface area contributed by atoms with Gasteiger partial charge in [-0.1, -0.05) is 47.0 Å². The number of aldehydes is 1. The van der Waals surface area contributed by atoms with Crippen LogP contribution in [-0.4, -0.2) is 22.4 Å². The molecule has 2 aliphatic rings. The molecule has 1 amide bonds. The van der Waals surface area contributed by atoms with Crippen molar-refractivity contribution in [3.8, 4) is 23.6 Å². The van der Waals surface area contributed by atoms with Crippen molar-refractivity contribution < 1.29 is 19.8 Å². The minimum absolute atomic E-state index is 0.0912. The summed E-state index contributed by atoms with van der Waals surface area (Å²) in [5, 5.41) is 39.1. The molecule has 124 valence electrons. The molecule has 11 heteroatoms. The number of primary amides is 1. The lowest BCUT2D eigenvalue weighted by Crippen LogP contribution is -2.13. The first-order chi connectivity index (χ1) is 11.9. The van der Waals surface area contributed by atoms with Crippen LogP contribution in [-0.2, 0) is 9.59 Å².